The number of hydrogen-bond acceptors (Lipinski definition) is 4. The minimum Gasteiger partial charge on any atom is -0.480 e. The maximum Gasteiger partial charge on any atom is 0.320 e. The van der Waals surface area contributed by atoms with Crippen LogP contribution in [0, 0.1) is 12.3 Å². The highest BCUT2D eigenvalue weighted by atomic mass is 17.2. The Morgan fingerprint density at radius 3 is 2.83 bits per heavy atom. The van der Waals surface area contributed by atoms with Crippen molar-refractivity contribution in [2.75, 3.05) is 13.2 Å². The van der Waals surface area contributed by atoms with Gasteiger partial charge in [-0.05, 0) is 6.42 Å². The summed E-state index contributed by atoms with van der Waals surface area (Å²) < 4.78 is 0. The number of nitrogens with two attached hydrogens (primary N) is 1. The molecule has 0 bridgehead atoms. The molecule has 3 N–H and O–H groups in total. The largest absolute Gasteiger partial charge is 0.480 e. The molecule has 5 heteroatoms. The van der Waals surface area contributed by atoms with Crippen molar-refractivity contribution in [1.82, 2.24) is 0 Å². The van der Waals surface area contributed by atoms with Crippen molar-refractivity contribution in [3.05, 3.63) is 0 Å². The molecule has 0 aromatic heterocycles. The molecule has 12 heavy (non-hydrogen) atoms. The van der Waals surface area contributed by atoms with Gasteiger partial charge in [0.25, 0.3) is 0 Å². The first-order valence-electron chi connectivity index (χ1n) is 3.34. The molecule has 0 rings (SSSR count). The SMILES string of the molecule is C#CCOOCC[C@H](N)C(=O)O. The smallest absolute Gasteiger partial charge is 0.320 e. The predicted molar refractivity (Wildman–Crippen MR) is 41.0 cm³/mol. The maximum absolute atomic E-state index is 10.2. The lowest BCUT2D eigenvalue weighted by atomic mass is 10.2. The Balaban J connectivity index is 3.21. The molecule has 68 valence electrons. The van der Waals surface area contributed by atoms with E-state index in [9.17, 15) is 4.79 Å². The Hall–Kier alpha value is -1.09. The van der Waals surface area contributed by atoms with Gasteiger partial charge in [0, 0.05) is 0 Å². The van der Waals surface area contributed by atoms with E-state index in [0.717, 1.165) is 0 Å². The molecule has 0 saturated heterocycles. The van der Waals surface area contributed by atoms with Crippen LogP contribution in [0.15, 0.2) is 0 Å². The average molecular weight is 173 g/mol. The molecule has 0 spiro atoms. The highest BCUT2D eigenvalue weighted by Gasteiger charge is 2.10. The fourth-order valence-electron chi connectivity index (χ4n) is 0.433. The third-order valence-corrected chi connectivity index (χ3v) is 1.05. The van der Waals surface area contributed by atoms with Crippen LogP contribution in [0.25, 0.3) is 0 Å². The molecule has 0 aliphatic heterocycles. The zero-order chi connectivity index (χ0) is 9.40. The van der Waals surface area contributed by atoms with Crippen LogP contribution in [0.2, 0.25) is 0 Å². The summed E-state index contributed by atoms with van der Waals surface area (Å²) in [5.41, 5.74) is 5.16. The van der Waals surface area contributed by atoms with Crippen LogP contribution in [-0.4, -0.2) is 30.3 Å². The topological polar surface area (TPSA) is 81.8 Å². The number of rotatable bonds is 6. The molecule has 0 saturated carbocycles. The average Bonchev–Trinajstić information content (AvgIpc) is 2.03. The van der Waals surface area contributed by atoms with Crippen LogP contribution in [0.5, 0.6) is 0 Å². The van der Waals surface area contributed by atoms with Gasteiger partial charge in [-0.2, -0.15) is 0 Å². The zero-order valence-corrected chi connectivity index (χ0v) is 6.53. The Bertz CT molecular complexity index is 175. The summed E-state index contributed by atoms with van der Waals surface area (Å²) >= 11 is 0. The lowest BCUT2D eigenvalue weighted by molar-refractivity contribution is -0.285. The first-order chi connectivity index (χ1) is 5.68. The van der Waals surface area contributed by atoms with E-state index in [2.05, 4.69) is 15.7 Å². The summed E-state index contributed by atoms with van der Waals surface area (Å²) in [6.45, 7) is 0.164. The lowest BCUT2D eigenvalue weighted by Crippen LogP contribution is -2.31. The van der Waals surface area contributed by atoms with E-state index in [1.165, 1.54) is 0 Å². The quantitative estimate of drug-likeness (QED) is 0.242. The molecule has 0 unspecified atom stereocenters. The summed E-state index contributed by atoms with van der Waals surface area (Å²) in [6, 6.07) is -0.917. The standard InChI is InChI=1S/C7H11NO4/c1-2-4-11-12-5-3-6(8)7(9)10/h1,6H,3-5,8H2,(H,9,10)/t6-/m0/s1. The van der Waals surface area contributed by atoms with E-state index in [1.54, 1.807) is 0 Å². The molecule has 0 heterocycles. The molecule has 0 aliphatic carbocycles. The van der Waals surface area contributed by atoms with Crippen LogP contribution >= 0.6 is 0 Å². The molecule has 1 atom stereocenters. The van der Waals surface area contributed by atoms with Gasteiger partial charge in [0.1, 0.15) is 12.6 Å². The first-order valence-corrected chi connectivity index (χ1v) is 3.34. The van der Waals surface area contributed by atoms with E-state index in [1.807, 2.05) is 0 Å². The second-order valence-electron chi connectivity index (χ2n) is 2.02. The van der Waals surface area contributed by atoms with Crippen molar-refractivity contribution in [2.24, 2.45) is 5.73 Å². The number of carboxylic acid groups (broad SMARTS) is 1. The van der Waals surface area contributed by atoms with E-state index < -0.39 is 12.0 Å². The van der Waals surface area contributed by atoms with E-state index in [-0.39, 0.29) is 19.6 Å². The third kappa shape index (κ3) is 5.68. The van der Waals surface area contributed by atoms with Crippen molar-refractivity contribution < 1.29 is 19.7 Å². The normalized spacial score (nSPS) is 12.0. The van der Waals surface area contributed by atoms with Gasteiger partial charge in [0.15, 0.2) is 0 Å². The van der Waals surface area contributed by atoms with Gasteiger partial charge in [-0.1, -0.05) is 5.92 Å². The van der Waals surface area contributed by atoms with E-state index in [0.29, 0.717) is 0 Å². The van der Waals surface area contributed by atoms with Crippen LogP contribution in [0.1, 0.15) is 6.42 Å². The molecular formula is C7H11NO4. The molecule has 0 aliphatic rings. The second kappa shape index (κ2) is 6.61. The Labute approximate surface area is 70.4 Å². The van der Waals surface area contributed by atoms with Crippen molar-refractivity contribution >= 4 is 5.97 Å². The number of carboxylic acids is 1. The van der Waals surface area contributed by atoms with Crippen LogP contribution in [0.3, 0.4) is 0 Å². The van der Waals surface area contributed by atoms with Gasteiger partial charge in [-0.15, -0.1) is 6.42 Å². The van der Waals surface area contributed by atoms with Gasteiger partial charge in [0.05, 0.1) is 6.61 Å². The first kappa shape index (κ1) is 10.9. The number of aliphatic carboxylic acids is 1. The maximum atomic E-state index is 10.2. The minimum absolute atomic E-state index is 0.0440. The monoisotopic (exact) mass is 173 g/mol. The van der Waals surface area contributed by atoms with E-state index in [4.69, 9.17) is 17.3 Å². The van der Waals surface area contributed by atoms with Gasteiger partial charge in [-0.25, -0.2) is 9.78 Å². The van der Waals surface area contributed by atoms with Gasteiger partial charge >= 0.3 is 5.97 Å². The molecule has 0 aromatic rings. The van der Waals surface area contributed by atoms with Crippen molar-refractivity contribution in [3.63, 3.8) is 0 Å². The summed E-state index contributed by atoms with van der Waals surface area (Å²) in [5.74, 6) is 1.12. The Morgan fingerprint density at radius 1 is 1.67 bits per heavy atom. The summed E-state index contributed by atoms with van der Waals surface area (Å²) in [4.78, 5) is 19.1. The van der Waals surface area contributed by atoms with E-state index >= 15 is 0 Å². The molecular weight excluding hydrogens is 162 g/mol. The zero-order valence-electron chi connectivity index (χ0n) is 6.53. The van der Waals surface area contributed by atoms with Crippen LogP contribution in [0.4, 0.5) is 0 Å². The van der Waals surface area contributed by atoms with Crippen molar-refractivity contribution in [3.8, 4) is 12.3 Å². The Kier molecular flexibility index (Phi) is 6.01. The highest BCUT2D eigenvalue weighted by molar-refractivity contribution is 5.72. The Morgan fingerprint density at radius 2 is 2.33 bits per heavy atom. The van der Waals surface area contributed by atoms with Gasteiger partial charge < -0.3 is 10.8 Å². The van der Waals surface area contributed by atoms with Gasteiger partial charge in [0.2, 0.25) is 0 Å². The fourth-order valence-corrected chi connectivity index (χ4v) is 0.433. The molecule has 5 nitrogen and oxygen atoms in total. The highest BCUT2D eigenvalue weighted by Crippen LogP contribution is 1.89. The summed E-state index contributed by atoms with van der Waals surface area (Å²) in [7, 11) is 0. The number of hydrogen-bond donors (Lipinski definition) is 2. The summed E-state index contributed by atoms with van der Waals surface area (Å²) in [5, 5.41) is 8.33. The molecule has 0 amide bonds. The van der Waals surface area contributed by atoms with Gasteiger partial charge in [-0.3, -0.25) is 4.79 Å². The second-order valence-corrected chi connectivity index (χ2v) is 2.02. The predicted octanol–water partition coefficient (Wildman–Crippen LogP) is -0.630. The summed E-state index contributed by atoms with van der Waals surface area (Å²) in [6.07, 6.45) is 5.04. The molecule has 0 fully saturated rings. The molecule has 0 radical (unpaired) electrons. The van der Waals surface area contributed by atoms with Crippen LogP contribution in [-0.2, 0) is 14.6 Å². The third-order valence-electron chi connectivity index (χ3n) is 1.05. The number of terminal acetylenes is 1. The van der Waals surface area contributed by atoms with Crippen molar-refractivity contribution in [1.29, 1.82) is 0 Å². The van der Waals surface area contributed by atoms with Crippen molar-refractivity contribution in [2.45, 2.75) is 12.5 Å². The fraction of sp³-hybridized carbons (Fsp3) is 0.571. The van der Waals surface area contributed by atoms with Crippen LogP contribution < -0.4 is 5.73 Å². The molecule has 0 aromatic carbocycles. The minimum atomic E-state index is -1.06. The lowest BCUT2D eigenvalue weighted by Gasteiger charge is -2.04. The number of carbonyl (C=O) groups is 1.